The molecule has 2 aliphatic rings. The highest BCUT2D eigenvalue weighted by Crippen LogP contribution is 2.38. The maximum atomic E-state index is 14.7. The molecule has 0 amide bonds. The Hall–Kier alpha value is -2.35. The molecule has 6 nitrogen and oxygen atoms in total. The number of nitrogens with zero attached hydrogens (tertiary/aromatic N) is 2. The number of aliphatic hydroxyl groups excluding tert-OH is 1. The SMILES string of the molecule is CC1CC(O)CN1c1ccc2c(c1F)N=C(F)C(C(=O)O)C2=O. The molecule has 0 bridgehead atoms. The smallest absolute Gasteiger partial charge is 0.323 e. The van der Waals surface area contributed by atoms with Gasteiger partial charge in [0.05, 0.1) is 11.8 Å². The van der Waals surface area contributed by atoms with Gasteiger partial charge in [0.25, 0.3) is 0 Å². The number of ketones is 1. The van der Waals surface area contributed by atoms with Crippen LogP contribution in [0, 0.1) is 11.7 Å². The van der Waals surface area contributed by atoms with Gasteiger partial charge < -0.3 is 15.1 Å². The summed E-state index contributed by atoms with van der Waals surface area (Å²) in [6, 6.07) is 2.45. The third-order valence-electron chi connectivity index (χ3n) is 4.19. The highest BCUT2D eigenvalue weighted by atomic mass is 19.1. The number of anilines is 1. The van der Waals surface area contributed by atoms with E-state index in [0.717, 1.165) is 0 Å². The van der Waals surface area contributed by atoms with E-state index in [1.165, 1.54) is 12.1 Å². The van der Waals surface area contributed by atoms with Gasteiger partial charge in [0, 0.05) is 18.2 Å². The minimum Gasteiger partial charge on any atom is -0.480 e. The quantitative estimate of drug-likeness (QED) is 0.808. The van der Waals surface area contributed by atoms with Crippen molar-refractivity contribution in [3.05, 3.63) is 23.5 Å². The number of aliphatic imine (C=N–C) groups is 1. The molecule has 1 aromatic rings. The third kappa shape index (κ3) is 2.39. The molecule has 0 saturated carbocycles. The number of carbonyl (C=O) groups excluding carboxylic acids is 1. The Morgan fingerprint density at radius 3 is 2.65 bits per heavy atom. The van der Waals surface area contributed by atoms with Crippen LogP contribution in [0.1, 0.15) is 23.7 Å². The van der Waals surface area contributed by atoms with Gasteiger partial charge in [0.1, 0.15) is 5.69 Å². The average molecular weight is 324 g/mol. The zero-order valence-electron chi connectivity index (χ0n) is 12.2. The summed E-state index contributed by atoms with van der Waals surface area (Å²) in [7, 11) is 0. The fraction of sp³-hybridized carbons (Fsp3) is 0.400. The second kappa shape index (κ2) is 5.38. The molecule has 0 aromatic heterocycles. The minimum atomic E-state index is -2.03. The number of carbonyl (C=O) groups is 2. The van der Waals surface area contributed by atoms with Crippen LogP contribution in [0.3, 0.4) is 0 Å². The van der Waals surface area contributed by atoms with Gasteiger partial charge >= 0.3 is 5.97 Å². The van der Waals surface area contributed by atoms with Gasteiger partial charge in [0.2, 0.25) is 5.97 Å². The molecule has 1 saturated heterocycles. The Morgan fingerprint density at radius 2 is 2.09 bits per heavy atom. The lowest BCUT2D eigenvalue weighted by atomic mass is 9.93. The number of hydrogen-bond acceptors (Lipinski definition) is 5. The van der Waals surface area contributed by atoms with Gasteiger partial charge in [-0.05, 0) is 25.5 Å². The topological polar surface area (TPSA) is 90.2 Å². The van der Waals surface area contributed by atoms with E-state index >= 15 is 0 Å². The first kappa shape index (κ1) is 15.5. The van der Waals surface area contributed by atoms with Crippen LogP contribution in [-0.2, 0) is 4.79 Å². The molecule has 122 valence electrons. The molecule has 8 heteroatoms. The molecule has 1 aromatic carbocycles. The minimum absolute atomic E-state index is 0.103. The number of benzene rings is 1. The second-order valence-corrected chi connectivity index (χ2v) is 5.76. The van der Waals surface area contributed by atoms with Crippen molar-refractivity contribution < 1.29 is 28.6 Å². The number of Topliss-reactive ketones (excluding diaryl/α,β-unsaturated/α-hetero) is 1. The first-order valence-corrected chi connectivity index (χ1v) is 7.09. The third-order valence-corrected chi connectivity index (χ3v) is 4.19. The van der Waals surface area contributed by atoms with Gasteiger partial charge in [-0.25, -0.2) is 9.38 Å². The largest absolute Gasteiger partial charge is 0.480 e. The van der Waals surface area contributed by atoms with Crippen molar-refractivity contribution in [1.82, 2.24) is 0 Å². The van der Waals surface area contributed by atoms with Crippen LogP contribution in [0.4, 0.5) is 20.2 Å². The number of carboxylic acids is 1. The Kier molecular flexibility index (Phi) is 3.63. The van der Waals surface area contributed by atoms with Crippen LogP contribution in [0.5, 0.6) is 0 Å². The normalized spacial score (nSPS) is 27.0. The molecule has 3 rings (SSSR count). The van der Waals surface area contributed by atoms with Gasteiger partial charge in [-0.1, -0.05) is 0 Å². The van der Waals surface area contributed by atoms with E-state index in [1.807, 2.05) is 6.92 Å². The lowest BCUT2D eigenvalue weighted by Crippen LogP contribution is -2.33. The molecular formula is C15H14F2N2O4. The number of aliphatic carboxylic acids is 1. The Bertz CT molecular complexity index is 734. The fourth-order valence-corrected chi connectivity index (χ4v) is 3.07. The molecular weight excluding hydrogens is 310 g/mol. The van der Waals surface area contributed by atoms with E-state index in [0.29, 0.717) is 6.42 Å². The Morgan fingerprint density at radius 1 is 1.39 bits per heavy atom. The van der Waals surface area contributed by atoms with Crippen molar-refractivity contribution in [2.45, 2.75) is 25.5 Å². The van der Waals surface area contributed by atoms with Crippen molar-refractivity contribution in [3.63, 3.8) is 0 Å². The van der Waals surface area contributed by atoms with Crippen molar-refractivity contribution in [3.8, 4) is 0 Å². The van der Waals surface area contributed by atoms with E-state index < -0.39 is 41.2 Å². The summed E-state index contributed by atoms with van der Waals surface area (Å²) >= 11 is 0. The van der Waals surface area contributed by atoms with Crippen LogP contribution in [0.15, 0.2) is 17.1 Å². The number of carboxylic acid groups (broad SMARTS) is 1. The summed E-state index contributed by atoms with van der Waals surface area (Å²) in [6.07, 6.45) is -0.132. The standard InChI is InChI=1S/C15H14F2N2O4/c1-6-4-7(20)5-19(6)9-3-2-8-12(11(9)16)18-14(17)10(13(8)21)15(22)23/h2-3,6-7,10,20H,4-5H2,1H3,(H,22,23). The van der Waals surface area contributed by atoms with E-state index in [2.05, 4.69) is 4.99 Å². The number of fused-ring (bicyclic) bond motifs is 1. The summed E-state index contributed by atoms with van der Waals surface area (Å²) in [5.41, 5.74) is -0.644. The molecule has 0 radical (unpaired) electrons. The maximum absolute atomic E-state index is 14.7. The molecule has 2 aliphatic heterocycles. The van der Waals surface area contributed by atoms with Crippen LogP contribution in [0.2, 0.25) is 0 Å². The molecule has 3 unspecified atom stereocenters. The average Bonchev–Trinajstić information content (AvgIpc) is 2.78. The van der Waals surface area contributed by atoms with Crippen molar-refractivity contribution in [2.24, 2.45) is 10.9 Å². The van der Waals surface area contributed by atoms with Crippen molar-refractivity contribution >= 4 is 29.1 Å². The molecule has 2 heterocycles. The summed E-state index contributed by atoms with van der Waals surface area (Å²) < 4.78 is 28.5. The molecule has 0 spiro atoms. The predicted molar refractivity (Wildman–Crippen MR) is 77.5 cm³/mol. The highest BCUT2D eigenvalue weighted by Gasteiger charge is 2.40. The zero-order valence-corrected chi connectivity index (χ0v) is 12.2. The fourth-order valence-electron chi connectivity index (χ4n) is 3.07. The molecule has 2 N–H and O–H groups in total. The molecule has 23 heavy (non-hydrogen) atoms. The lowest BCUT2D eigenvalue weighted by molar-refractivity contribution is -0.138. The molecule has 1 fully saturated rings. The van der Waals surface area contributed by atoms with Crippen LogP contribution in [-0.4, -0.2) is 46.6 Å². The number of aliphatic hydroxyl groups is 1. The maximum Gasteiger partial charge on any atom is 0.323 e. The first-order chi connectivity index (χ1) is 10.8. The zero-order chi connectivity index (χ0) is 16.9. The van der Waals surface area contributed by atoms with Crippen LogP contribution >= 0.6 is 0 Å². The van der Waals surface area contributed by atoms with Gasteiger partial charge in [-0.2, -0.15) is 4.39 Å². The predicted octanol–water partition coefficient (Wildman–Crippen LogP) is 1.68. The van der Waals surface area contributed by atoms with Gasteiger partial charge in [0.15, 0.2) is 17.5 Å². The highest BCUT2D eigenvalue weighted by molar-refractivity contribution is 6.25. The first-order valence-electron chi connectivity index (χ1n) is 7.09. The van der Waals surface area contributed by atoms with E-state index in [1.54, 1.807) is 4.90 Å². The van der Waals surface area contributed by atoms with E-state index in [9.17, 15) is 23.5 Å². The number of hydrogen-bond donors (Lipinski definition) is 2. The summed E-state index contributed by atoms with van der Waals surface area (Å²) in [5.74, 6) is -7.04. The van der Waals surface area contributed by atoms with E-state index in [-0.39, 0.29) is 23.8 Å². The Labute approximate surface area is 130 Å². The summed E-state index contributed by atoms with van der Waals surface area (Å²) in [5, 5.41) is 18.6. The van der Waals surface area contributed by atoms with Crippen molar-refractivity contribution in [1.29, 1.82) is 0 Å². The lowest BCUT2D eigenvalue weighted by Gasteiger charge is -2.26. The van der Waals surface area contributed by atoms with Gasteiger partial charge in [-0.3, -0.25) is 9.59 Å². The number of halogens is 2. The van der Waals surface area contributed by atoms with Crippen molar-refractivity contribution in [2.75, 3.05) is 11.4 Å². The Balaban J connectivity index is 2.08. The monoisotopic (exact) mass is 324 g/mol. The van der Waals surface area contributed by atoms with Crippen LogP contribution < -0.4 is 4.90 Å². The number of rotatable bonds is 2. The second-order valence-electron chi connectivity index (χ2n) is 5.76. The summed E-state index contributed by atoms with van der Waals surface area (Å²) in [4.78, 5) is 28.0. The summed E-state index contributed by atoms with van der Waals surface area (Å²) in [6.45, 7) is 2.03. The van der Waals surface area contributed by atoms with E-state index in [4.69, 9.17) is 5.11 Å². The number of β-amino-alcohol motifs (C(OH)–C–C–N with tert-alkyl or cyclic N) is 1. The van der Waals surface area contributed by atoms with Crippen LogP contribution in [0.25, 0.3) is 0 Å². The molecule has 3 atom stereocenters. The molecule has 0 aliphatic carbocycles. The van der Waals surface area contributed by atoms with Gasteiger partial charge in [-0.15, -0.1) is 0 Å².